The van der Waals surface area contributed by atoms with Gasteiger partial charge in [0.2, 0.25) is 0 Å². The number of aliphatic carboxylic acids is 1. The van der Waals surface area contributed by atoms with Gasteiger partial charge in [0, 0.05) is 11.3 Å². The minimum Gasteiger partial charge on any atom is -0.477 e. The number of rotatable bonds is 5. The molecule has 1 heterocycles. The Labute approximate surface area is 166 Å². The third-order valence-electron chi connectivity index (χ3n) is 4.45. The Balaban J connectivity index is 1.59. The molecule has 0 aliphatic carbocycles. The average molecular weight is 383 g/mol. The monoisotopic (exact) mass is 383 g/mol. The first kappa shape index (κ1) is 18.2. The molecule has 1 aromatic heterocycles. The van der Waals surface area contributed by atoms with Crippen LogP contribution in [-0.2, 0) is 4.79 Å². The van der Waals surface area contributed by atoms with Gasteiger partial charge in [0.05, 0.1) is 11.0 Å². The van der Waals surface area contributed by atoms with E-state index in [0.29, 0.717) is 11.1 Å². The number of carboxylic acids is 1. The number of carbonyl (C=O) groups is 2. The smallest absolute Gasteiger partial charge is 0.352 e. The van der Waals surface area contributed by atoms with Crippen LogP contribution in [0.5, 0.6) is 0 Å². The lowest BCUT2D eigenvalue weighted by Crippen LogP contribution is -2.27. The van der Waals surface area contributed by atoms with Crippen molar-refractivity contribution in [2.24, 2.45) is 0 Å². The maximum atomic E-state index is 12.3. The number of amides is 1. The summed E-state index contributed by atoms with van der Waals surface area (Å²) in [6, 6.07) is 23.6. The number of hydrogen-bond donors (Lipinski definition) is 2. The molecular formula is C23H17N3O3. The summed E-state index contributed by atoms with van der Waals surface area (Å²) in [5.41, 5.74) is 3.64. The predicted molar refractivity (Wildman–Crippen MR) is 111 cm³/mol. The highest BCUT2D eigenvalue weighted by Crippen LogP contribution is 2.19. The summed E-state index contributed by atoms with van der Waals surface area (Å²) in [6.45, 7) is 0. The molecule has 6 nitrogen and oxygen atoms in total. The highest BCUT2D eigenvalue weighted by Gasteiger charge is 2.13. The molecule has 29 heavy (non-hydrogen) atoms. The van der Waals surface area contributed by atoms with E-state index in [2.05, 4.69) is 10.3 Å². The fourth-order valence-electron chi connectivity index (χ4n) is 3.00. The maximum Gasteiger partial charge on any atom is 0.352 e. The van der Waals surface area contributed by atoms with Gasteiger partial charge in [-0.25, -0.2) is 9.78 Å². The Bertz CT molecular complexity index is 1210. The summed E-state index contributed by atoms with van der Waals surface area (Å²) >= 11 is 0. The average Bonchev–Trinajstić information content (AvgIpc) is 3.18. The van der Waals surface area contributed by atoms with Gasteiger partial charge in [-0.3, -0.25) is 9.36 Å². The maximum absolute atomic E-state index is 12.3. The number of carbonyl (C=O) groups excluding carboxylic acids is 1. The Morgan fingerprint density at radius 3 is 2.31 bits per heavy atom. The first-order valence-electron chi connectivity index (χ1n) is 8.96. The van der Waals surface area contributed by atoms with Gasteiger partial charge < -0.3 is 10.4 Å². The molecular weight excluding hydrogens is 366 g/mol. The molecule has 0 saturated carbocycles. The van der Waals surface area contributed by atoms with Crippen LogP contribution in [0.25, 0.3) is 22.8 Å². The predicted octanol–water partition coefficient (Wildman–Crippen LogP) is 3.88. The molecule has 1 amide bonds. The molecule has 3 aromatic carbocycles. The molecule has 0 radical (unpaired) electrons. The number of nitrogens with zero attached hydrogens (tertiary/aromatic N) is 2. The van der Waals surface area contributed by atoms with Crippen LogP contribution in [-0.4, -0.2) is 26.5 Å². The summed E-state index contributed by atoms with van der Waals surface area (Å²) in [7, 11) is 0. The second-order valence-electron chi connectivity index (χ2n) is 6.38. The molecule has 2 N–H and O–H groups in total. The highest BCUT2D eigenvalue weighted by molar-refractivity contribution is 6.02. The molecule has 0 saturated heterocycles. The molecule has 4 rings (SSSR count). The fraction of sp³-hybridized carbons (Fsp3) is 0. The van der Waals surface area contributed by atoms with E-state index in [9.17, 15) is 14.7 Å². The lowest BCUT2D eigenvalue weighted by Gasteiger charge is -2.07. The summed E-state index contributed by atoms with van der Waals surface area (Å²) in [5.74, 6) is -1.68. The van der Waals surface area contributed by atoms with Crippen LogP contribution >= 0.6 is 0 Å². The number of imidazole rings is 1. The van der Waals surface area contributed by atoms with Crippen molar-refractivity contribution in [2.45, 2.75) is 0 Å². The van der Waals surface area contributed by atoms with E-state index in [1.807, 2.05) is 41.0 Å². The normalized spacial score (nSPS) is 11.4. The topological polar surface area (TPSA) is 84.2 Å². The van der Waals surface area contributed by atoms with Crippen LogP contribution < -0.4 is 5.32 Å². The van der Waals surface area contributed by atoms with E-state index in [0.717, 1.165) is 16.7 Å². The van der Waals surface area contributed by atoms with Crippen molar-refractivity contribution in [3.63, 3.8) is 0 Å². The second-order valence-corrected chi connectivity index (χ2v) is 6.38. The van der Waals surface area contributed by atoms with Crippen molar-refractivity contribution in [2.75, 3.05) is 0 Å². The summed E-state index contributed by atoms with van der Waals surface area (Å²) < 4.78 is 1.96. The Kier molecular flexibility index (Phi) is 4.90. The Morgan fingerprint density at radius 2 is 1.59 bits per heavy atom. The van der Waals surface area contributed by atoms with Crippen molar-refractivity contribution < 1.29 is 14.7 Å². The molecule has 0 atom stereocenters. The van der Waals surface area contributed by atoms with E-state index >= 15 is 0 Å². The first-order chi connectivity index (χ1) is 14.1. The van der Waals surface area contributed by atoms with Crippen LogP contribution in [0.2, 0.25) is 0 Å². The van der Waals surface area contributed by atoms with E-state index in [4.69, 9.17) is 0 Å². The van der Waals surface area contributed by atoms with Crippen molar-refractivity contribution in [1.82, 2.24) is 14.9 Å². The van der Waals surface area contributed by atoms with Crippen molar-refractivity contribution >= 4 is 29.0 Å². The summed E-state index contributed by atoms with van der Waals surface area (Å²) in [4.78, 5) is 28.2. The van der Waals surface area contributed by atoms with Gasteiger partial charge in [0.1, 0.15) is 12.0 Å². The number of hydrogen-bond acceptors (Lipinski definition) is 3. The van der Waals surface area contributed by atoms with Crippen LogP contribution in [0.15, 0.2) is 90.9 Å². The quantitative estimate of drug-likeness (QED) is 0.512. The molecule has 0 unspecified atom stereocenters. The number of fused-ring (bicyclic) bond motifs is 1. The lowest BCUT2D eigenvalue weighted by atomic mass is 10.1. The molecule has 0 aliphatic heterocycles. The second kappa shape index (κ2) is 7.82. The minimum absolute atomic E-state index is 0.195. The van der Waals surface area contributed by atoms with Gasteiger partial charge in [-0.1, -0.05) is 42.5 Å². The Morgan fingerprint density at radius 1 is 0.897 bits per heavy atom. The van der Waals surface area contributed by atoms with Gasteiger partial charge in [-0.2, -0.15) is 0 Å². The third kappa shape index (κ3) is 3.91. The lowest BCUT2D eigenvalue weighted by molar-refractivity contribution is -0.132. The number of nitrogens with one attached hydrogen (secondary N) is 1. The number of para-hydroxylation sites is 2. The van der Waals surface area contributed by atoms with E-state index in [1.165, 1.54) is 6.08 Å². The first-order valence-corrected chi connectivity index (χ1v) is 8.96. The highest BCUT2D eigenvalue weighted by atomic mass is 16.4. The molecule has 6 heteroatoms. The standard InChI is InChI=1S/C23H17N3O3/c27-22(17-6-2-1-3-7-17)25-20(23(28)29)14-16-10-12-18(13-11-16)26-15-24-19-8-4-5-9-21(19)26/h1-15H,(H,25,27)(H,28,29)/b20-14-. The van der Waals surface area contributed by atoms with Crippen molar-refractivity contribution in [1.29, 1.82) is 0 Å². The van der Waals surface area contributed by atoms with E-state index < -0.39 is 11.9 Å². The molecule has 0 bridgehead atoms. The zero-order chi connectivity index (χ0) is 20.2. The summed E-state index contributed by atoms with van der Waals surface area (Å²) in [5, 5.41) is 11.9. The van der Waals surface area contributed by atoms with E-state index in [1.54, 1.807) is 48.8 Å². The molecule has 0 fully saturated rings. The van der Waals surface area contributed by atoms with Crippen molar-refractivity contribution in [3.8, 4) is 5.69 Å². The SMILES string of the molecule is O=C(O)/C(=C/c1ccc(-n2cnc3ccccc32)cc1)NC(=O)c1ccccc1. The summed E-state index contributed by atoms with van der Waals surface area (Å²) in [6.07, 6.45) is 3.18. The van der Waals surface area contributed by atoms with Crippen LogP contribution in [0.1, 0.15) is 15.9 Å². The van der Waals surface area contributed by atoms with Crippen LogP contribution in [0, 0.1) is 0 Å². The Hall–Kier alpha value is -4.19. The van der Waals surface area contributed by atoms with Gasteiger partial charge in [0.25, 0.3) is 5.91 Å². The molecule has 142 valence electrons. The van der Waals surface area contributed by atoms with Gasteiger partial charge in [-0.05, 0) is 48.0 Å². The largest absolute Gasteiger partial charge is 0.477 e. The zero-order valence-corrected chi connectivity index (χ0v) is 15.3. The van der Waals surface area contributed by atoms with Gasteiger partial charge >= 0.3 is 5.97 Å². The minimum atomic E-state index is -1.21. The number of benzene rings is 3. The molecule has 0 aliphatic rings. The number of aromatic nitrogens is 2. The van der Waals surface area contributed by atoms with E-state index in [-0.39, 0.29) is 5.70 Å². The fourth-order valence-corrected chi connectivity index (χ4v) is 3.00. The molecule has 0 spiro atoms. The van der Waals surface area contributed by atoms with Gasteiger partial charge in [-0.15, -0.1) is 0 Å². The van der Waals surface area contributed by atoms with Crippen LogP contribution in [0.3, 0.4) is 0 Å². The van der Waals surface area contributed by atoms with Crippen molar-refractivity contribution in [3.05, 3.63) is 102 Å². The van der Waals surface area contributed by atoms with Gasteiger partial charge in [0.15, 0.2) is 0 Å². The van der Waals surface area contributed by atoms with Crippen LogP contribution in [0.4, 0.5) is 0 Å². The zero-order valence-electron chi connectivity index (χ0n) is 15.3. The third-order valence-corrected chi connectivity index (χ3v) is 4.45. The number of carboxylic acid groups (broad SMARTS) is 1. The molecule has 4 aromatic rings.